The van der Waals surface area contributed by atoms with Crippen molar-refractivity contribution in [3.05, 3.63) is 70.5 Å². The summed E-state index contributed by atoms with van der Waals surface area (Å²) in [7, 11) is 3.16. The number of hydrogen-bond acceptors (Lipinski definition) is 4. The van der Waals surface area contributed by atoms with Crippen LogP contribution in [0.25, 0.3) is 5.69 Å². The normalized spacial score (nSPS) is 10.5. The van der Waals surface area contributed by atoms with Gasteiger partial charge in [0.15, 0.2) is 0 Å². The number of amides is 1. The number of methoxy groups -OCH3 is 2. The molecule has 140 valence electrons. The molecule has 27 heavy (non-hydrogen) atoms. The van der Waals surface area contributed by atoms with E-state index in [0.29, 0.717) is 22.8 Å². The molecule has 1 heterocycles. The Bertz CT molecular complexity index is 955. The molecule has 1 amide bonds. The Labute approximate surface area is 162 Å². The van der Waals surface area contributed by atoms with Crippen molar-refractivity contribution in [2.24, 2.45) is 0 Å². The van der Waals surface area contributed by atoms with Crippen LogP contribution in [-0.2, 0) is 6.54 Å². The molecule has 3 rings (SSSR count). The highest BCUT2D eigenvalue weighted by atomic mass is 35.5. The number of aryl methyl sites for hydroxylation is 1. The molecule has 0 fully saturated rings. The maximum absolute atomic E-state index is 12.7. The summed E-state index contributed by atoms with van der Waals surface area (Å²) < 4.78 is 12.1. The van der Waals surface area contributed by atoms with E-state index in [1.807, 2.05) is 42.5 Å². The monoisotopic (exact) mass is 385 g/mol. The lowest BCUT2D eigenvalue weighted by Gasteiger charge is -2.11. The standard InChI is InChI=1S/C20H20ClN3O3/c1-13-18(19(21)24(23-13)15-7-5-4-6-8-15)20(25)22-12-14-9-10-16(26-2)11-17(14)27-3/h4-11H,12H2,1-3H3,(H,22,25). The zero-order valence-electron chi connectivity index (χ0n) is 15.3. The van der Waals surface area contributed by atoms with Crippen molar-refractivity contribution in [3.8, 4) is 17.2 Å². The molecule has 7 heteroatoms. The number of halogens is 1. The van der Waals surface area contributed by atoms with Gasteiger partial charge >= 0.3 is 0 Å². The zero-order valence-corrected chi connectivity index (χ0v) is 16.1. The molecule has 0 radical (unpaired) electrons. The fraction of sp³-hybridized carbons (Fsp3) is 0.200. The highest BCUT2D eigenvalue weighted by Gasteiger charge is 2.21. The van der Waals surface area contributed by atoms with E-state index in [9.17, 15) is 4.79 Å². The van der Waals surface area contributed by atoms with E-state index in [1.54, 1.807) is 31.9 Å². The molecular weight excluding hydrogens is 366 g/mol. The highest BCUT2D eigenvalue weighted by molar-refractivity contribution is 6.33. The lowest BCUT2D eigenvalue weighted by molar-refractivity contribution is 0.0950. The molecular formula is C20H20ClN3O3. The van der Waals surface area contributed by atoms with E-state index in [1.165, 1.54) is 0 Å². The second-order valence-electron chi connectivity index (χ2n) is 5.86. The average Bonchev–Trinajstić information content (AvgIpc) is 3.00. The van der Waals surface area contributed by atoms with Crippen LogP contribution in [0.3, 0.4) is 0 Å². The first-order valence-corrected chi connectivity index (χ1v) is 8.72. The largest absolute Gasteiger partial charge is 0.497 e. The van der Waals surface area contributed by atoms with Gasteiger partial charge in [-0.2, -0.15) is 5.10 Å². The summed E-state index contributed by atoms with van der Waals surface area (Å²) in [6.07, 6.45) is 0. The number of rotatable bonds is 6. The minimum absolute atomic E-state index is 0.276. The van der Waals surface area contributed by atoms with Crippen LogP contribution in [0.15, 0.2) is 48.5 Å². The number of benzene rings is 2. The average molecular weight is 386 g/mol. The van der Waals surface area contributed by atoms with Crippen LogP contribution < -0.4 is 14.8 Å². The smallest absolute Gasteiger partial charge is 0.256 e. The van der Waals surface area contributed by atoms with Crippen molar-refractivity contribution in [2.75, 3.05) is 14.2 Å². The number of hydrogen-bond donors (Lipinski definition) is 1. The third kappa shape index (κ3) is 3.90. The van der Waals surface area contributed by atoms with E-state index in [0.717, 1.165) is 11.3 Å². The van der Waals surface area contributed by atoms with Crippen molar-refractivity contribution in [2.45, 2.75) is 13.5 Å². The molecule has 0 spiro atoms. The van der Waals surface area contributed by atoms with Crippen LogP contribution in [0.2, 0.25) is 5.15 Å². The van der Waals surface area contributed by atoms with E-state index in [-0.39, 0.29) is 17.6 Å². The summed E-state index contributed by atoms with van der Waals surface area (Å²) in [5.41, 5.74) is 2.54. The van der Waals surface area contributed by atoms with Crippen LogP contribution >= 0.6 is 11.6 Å². The predicted molar refractivity (Wildman–Crippen MR) is 104 cm³/mol. The maximum atomic E-state index is 12.7. The molecule has 1 N–H and O–H groups in total. The van der Waals surface area contributed by atoms with E-state index in [4.69, 9.17) is 21.1 Å². The third-order valence-electron chi connectivity index (χ3n) is 4.17. The Hall–Kier alpha value is -2.99. The fourth-order valence-electron chi connectivity index (χ4n) is 2.76. The molecule has 3 aromatic rings. The molecule has 0 bridgehead atoms. The summed E-state index contributed by atoms with van der Waals surface area (Å²) >= 11 is 6.44. The Morgan fingerprint density at radius 3 is 2.56 bits per heavy atom. The van der Waals surface area contributed by atoms with E-state index < -0.39 is 0 Å². The Morgan fingerprint density at radius 1 is 1.15 bits per heavy atom. The quantitative estimate of drug-likeness (QED) is 0.701. The van der Waals surface area contributed by atoms with Crippen LogP contribution in [0.5, 0.6) is 11.5 Å². The molecule has 0 atom stereocenters. The number of nitrogens with one attached hydrogen (secondary N) is 1. The van der Waals surface area contributed by atoms with Crippen molar-refractivity contribution >= 4 is 17.5 Å². The van der Waals surface area contributed by atoms with Gasteiger partial charge < -0.3 is 14.8 Å². The first kappa shape index (κ1) is 18.8. The topological polar surface area (TPSA) is 65.4 Å². The minimum Gasteiger partial charge on any atom is -0.497 e. The maximum Gasteiger partial charge on any atom is 0.256 e. The number of carbonyl (C=O) groups excluding carboxylic acids is 1. The summed E-state index contributed by atoms with van der Waals surface area (Å²) in [4.78, 5) is 12.7. The first-order valence-electron chi connectivity index (χ1n) is 8.34. The van der Waals surface area contributed by atoms with Gasteiger partial charge in [0.05, 0.1) is 31.2 Å². The van der Waals surface area contributed by atoms with Crippen LogP contribution in [0.1, 0.15) is 21.6 Å². The molecule has 0 saturated carbocycles. The molecule has 0 unspecified atom stereocenters. The Balaban J connectivity index is 1.81. The number of nitrogens with zero attached hydrogens (tertiary/aromatic N) is 2. The third-order valence-corrected chi connectivity index (χ3v) is 4.51. The van der Waals surface area contributed by atoms with Crippen LogP contribution in [0, 0.1) is 6.92 Å². The Morgan fingerprint density at radius 2 is 1.89 bits per heavy atom. The SMILES string of the molecule is COc1ccc(CNC(=O)c2c(C)nn(-c3ccccc3)c2Cl)c(OC)c1. The van der Waals surface area contributed by atoms with Crippen molar-refractivity contribution in [1.82, 2.24) is 15.1 Å². The first-order chi connectivity index (χ1) is 13.0. The molecule has 2 aromatic carbocycles. The van der Waals surface area contributed by atoms with Gasteiger partial charge in [-0.15, -0.1) is 0 Å². The molecule has 6 nitrogen and oxygen atoms in total. The lowest BCUT2D eigenvalue weighted by Crippen LogP contribution is -2.23. The van der Waals surface area contributed by atoms with Gasteiger partial charge in [0.1, 0.15) is 16.7 Å². The van der Waals surface area contributed by atoms with Gasteiger partial charge in [-0.3, -0.25) is 4.79 Å². The van der Waals surface area contributed by atoms with Gasteiger partial charge in [0, 0.05) is 18.2 Å². The predicted octanol–water partition coefficient (Wildman–Crippen LogP) is 3.78. The van der Waals surface area contributed by atoms with Crippen LogP contribution in [-0.4, -0.2) is 29.9 Å². The molecule has 1 aromatic heterocycles. The second-order valence-corrected chi connectivity index (χ2v) is 6.22. The molecule has 0 aliphatic heterocycles. The minimum atomic E-state index is -0.294. The number of carbonyl (C=O) groups is 1. The lowest BCUT2D eigenvalue weighted by atomic mass is 10.1. The second kappa shape index (κ2) is 8.14. The molecule has 0 aliphatic rings. The fourth-order valence-corrected chi connectivity index (χ4v) is 3.12. The van der Waals surface area contributed by atoms with Crippen molar-refractivity contribution < 1.29 is 14.3 Å². The molecule has 0 aliphatic carbocycles. The Kier molecular flexibility index (Phi) is 5.66. The van der Waals surface area contributed by atoms with Gasteiger partial charge in [-0.05, 0) is 31.2 Å². The highest BCUT2D eigenvalue weighted by Crippen LogP contribution is 2.26. The van der Waals surface area contributed by atoms with Gasteiger partial charge in [-0.1, -0.05) is 29.8 Å². The number of para-hydroxylation sites is 1. The summed E-state index contributed by atoms with van der Waals surface area (Å²) in [5.74, 6) is 1.03. The van der Waals surface area contributed by atoms with E-state index in [2.05, 4.69) is 10.4 Å². The zero-order chi connectivity index (χ0) is 19.4. The van der Waals surface area contributed by atoms with Gasteiger partial charge in [0.25, 0.3) is 5.91 Å². The van der Waals surface area contributed by atoms with Crippen molar-refractivity contribution in [1.29, 1.82) is 0 Å². The summed E-state index contributed by atoms with van der Waals surface area (Å²) in [6.45, 7) is 2.05. The van der Waals surface area contributed by atoms with E-state index >= 15 is 0 Å². The van der Waals surface area contributed by atoms with Crippen molar-refractivity contribution in [3.63, 3.8) is 0 Å². The van der Waals surface area contributed by atoms with Crippen LogP contribution in [0.4, 0.5) is 0 Å². The number of aromatic nitrogens is 2. The summed E-state index contributed by atoms with van der Waals surface area (Å²) in [6, 6.07) is 14.9. The van der Waals surface area contributed by atoms with Gasteiger partial charge in [0.2, 0.25) is 0 Å². The number of ether oxygens (including phenoxy) is 2. The molecule has 0 saturated heterocycles. The van der Waals surface area contributed by atoms with Gasteiger partial charge in [-0.25, -0.2) is 4.68 Å². The summed E-state index contributed by atoms with van der Waals surface area (Å²) in [5, 5.41) is 7.55.